The summed E-state index contributed by atoms with van der Waals surface area (Å²) in [4.78, 5) is 0. The van der Waals surface area contributed by atoms with E-state index in [1.165, 1.54) is 12.1 Å². The van der Waals surface area contributed by atoms with Gasteiger partial charge < -0.3 is 10.1 Å². The predicted molar refractivity (Wildman–Crippen MR) is 87.3 cm³/mol. The lowest BCUT2D eigenvalue weighted by Gasteiger charge is -2.13. The lowest BCUT2D eigenvalue weighted by atomic mass is 10.1. The molecule has 0 bridgehead atoms. The maximum Gasteiger partial charge on any atom is 0.149 e. The van der Waals surface area contributed by atoms with E-state index >= 15 is 0 Å². The maximum atomic E-state index is 13.8. The quantitative estimate of drug-likeness (QED) is 0.656. The van der Waals surface area contributed by atoms with Gasteiger partial charge in [0.2, 0.25) is 0 Å². The summed E-state index contributed by atoms with van der Waals surface area (Å²) in [6.45, 7) is 1.90. The molecule has 23 heavy (non-hydrogen) atoms. The Morgan fingerprint density at radius 2 is 1.57 bits per heavy atom. The van der Waals surface area contributed by atoms with E-state index in [1.54, 1.807) is 6.07 Å². The van der Waals surface area contributed by atoms with Crippen molar-refractivity contribution in [2.75, 3.05) is 5.32 Å². The summed E-state index contributed by atoms with van der Waals surface area (Å²) in [6, 6.07) is 18.3. The van der Waals surface area contributed by atoms with E-state index < -0.39 is 11.6 Å². The Balaban J connectivity index is 1.86. The SMILES string of the molecule is Cc1ccc(Oc2ccccc2)cc1Nc1ccc(F)cc1F. The van der Waals surface area contributed by atoms with Gasteiger partial charge in [0.05, 0.1) is 5.69 Å². The van der Waals surface area contributed by atoms with Crippen molar-refractivity contribution >= 4 is 11.4 Å². The molecule has 116 valence electrons. The number of nitrogens with one attached hydrogen (secondary N) is 1. The van der Waals surface area contributed by atoms with Gasteiger partial charge in [-0.1, -0.05) is 24.3 Å². The third-order valence-electron chi connectivity index (χ3n) is 3.39. The summed E-state index contributed by atoms with van der Waals surface area (Å²) in [5.74, 6) is 0.104. The van der Waals surface area contributed by atoms with Gasteiger partial charge in [-0.3, -0.25) is 0 Å². The average Bonchev–Trinajstić information content (AvgIpc) is 2.54. The summed E-state index contributed by atoms with van der Waals surface area (Å²) in [5.41, 5.74) is 1.84. The molecule has 0 aliphatic rings. The standard InChI is InChI=1S/C19H15F2NO/c1-13-7-9-16(23-15-5-3-2-4-6-15)12-19(13)22-18-10-8-14(20)11-17(18)21/h2-12,22H,1H3. The highest BCUT2D eigenvalue weighted by atomic mass is 19.1. The first-order valence-electron chi connectivity index (χ1n) is 7.17. The van der Waals surface area contributed by atoms with Gasteiger partial charge in [0.15, 0.2) is 0 Å². The second-order valence-corrected chi connectivity index (χ2v) is 5.14. The van der Waals surface area contributed by atoms with Gasteiger partial charge in [-0.25, -0.2) is 8.78 Å². The minimum Gasteiger partial charge on any atom is -0.457 e. The normalized spacial score (nSPS) is 10.4. The fourth-order valence-electron chi connectivity index (χ4n) is 2.16. The average molecular weight is 311 g/mol. The Hall–Kier alpha value is -2.88. The molecule has 0 saturated carbocycles. The van der Waals surface area contributed by atoms with Crippen LogP contribution in [0.2, 0.25) is 0 Å². The molecule has 2 nitrogen and oxygen atoms in total. The first kappa shape index (κ1) is 15.0. The fourth-order valence-corrected chi connectivity index (χ4v) is 2.16. The van der Waals surface area contributed by atoms with Crippen LogP contribution in [0.1, 0.15) is 5.56 Å². The highest BCUT2D eigenvalue weighted by Gasteiger charge is 2.07. The third-order valence-corrected chi connectivity index (χ3v) is 3.39. The van der Waals surface area contributed by atoms with E-state index in [9.17, 15) is 8.78 Å². The van der Waals surface area contributed by atoms with Crippen LogP contribution in [-0.4, -0.2) is 0 Å². The van der Waals surface area contributed by atoms with E-state index in [2.05, 4.69) is 5.32 Å². The number of benzene rings is 3. The number of halogens is 2. The molecule has 0 unspecified atom stereocenters. The third kappa shape index (κ3) is 3.66. The molecule has 4 heteroatoms. The van der Waals surface area contributed by atoms with Crippen LogP contribution >= 0.6 is 0 Å². The highest BCUT2D eigenvalue weighted by Crippen LogP contribution is 2.29. The Morgan fingerprint density at radius 3 is 2.30 bits per heavy atom. The molecule has 0 aliphatic heterocycles. The van der Waals surface area contributed by atoms with Gasteiger partial charge >= 0.3 is 0 Å². The van der Waals surface area contributed by atoms with Crippen molar-refractivity contribution < 1.29 is 13.5 Å². The molecule has 3 aromatic rings. The van der Waals surface area contributed by atoms with Crippen LogP contribution in [0.4, 0.5) is 20.2 Å². The summed E-state index contributed by atoms with van der Waals surface area (Å²) in [6.07, 6.45) is 0. The van der Waals surface area contributed by atoms with E-state index in [0.29, 0.717) is 11.4 Å². The second kappa shape index (κ2) is 6.48. The molecule has 1 N–H and O–H groups in total. The summed E-state index contributed by atoms with van der Waals surface area (Å²) >= 11 is 0. The molecule has 0 fully saturated rings. The molecule has 3 rings (SSSR count). The summed E-state index contributed by atoms with van der Waals surface area (Å²) in [5, 5.41) is 2.97. The molecule has 0 aromatic heterocycles. The smallest absolute Gasteiger partial charge is 0.149 e. The van der Waals surface area contributed by atoms with Crippen molar-refractivity contribution in [2.45, 2.75) is 6.92 Å². The van der Waals surface area contributed by atoms with Crippen molar-refractivity contribution in [2.24, 2.45) is 0 Å². The lowest BCUT2D eigenvalue weighted by Crippen LogP contribution is -1.97. The molecular formula is C19H15F2NO. The van der Waals surface area contributed by atoms with E-state index in [1.807, 2.05) is 49.4 Å². The van der Waals surface area contributed by atoms with E-state index in [0.717, 1.165) is 17.4 Å². The van der Waals surface area contributed by atoms with Gasteiger partial charge in [-0.2, -0.15) is 0 Å². The lowest BCUT2D eigenvalue weighted by molar-refractivity contribution is 0.483. The van der Waals surface area contributed by atoms with Crippen molar-refractivity contribution in [3.05, 3.63) is 83.9 Å². The van der Waals surface area contributed by atoms with Gasteiger partial charge in [0.25, 0.3) is 0 Å². The van der Waals surface area contributed by atoms with Crippen LogP contribution in [0.3, 0.4) is 0 Å². The van der Waals surface area contributed by atoms with Crippen LogP contribution in [0, 0.1) is 18.6 Å². The van der Waals surface area contributed by atoms with Crippen LogP contribution < -0.4 is 10.1 Å². The van der Waals surface area contributed by atoms with Crippen molar-refractivity contribution in [3.63, 3.8) is 0 Å². The maximum absolute atomic E-state index is 13.8. The largest absolute Gasteiger partial charge is 0.457 e. The van der Waals surface area contributed by atoms with Gasteiger partial charge in [0.1, 0.15) is 23.1 Å². The van der Waals surface area contributed by atoms with E-state index in [4.69, 9.17) is 4.74 Å². The zero-order valence-electron chi connectivity index (χ0n) is 12.5. The molecule has 0 spiro atoms. The number of aryl methyl sites for hydroxylation is 1. The number of para-hydroxylation sites is 1. The van der Waals surface area contributed by atoms with Crippen molar-refractivity contribution in [1.82, 2.24) is 0 Å². The molecule has 0 aliphatic carbocycles. The molecule has 3 aromatic carbocycles. The van der Waals surface area contributed by atoms with Crippen LogP contribution in [0.25, 0.3) is 0 Å². The zero-order chi connectivity index (χ0) is 16.2. The van der Waals surface area contributed by atoms with Crippen LogP contribution in [-0.2, 0) is 0 Å². The minimum atomic E-state index is -0.640. The summed E-state index contributed by atoms with van der Waals surface area (Å²) in [7, 11) is 0. The highest BCUT2D eigenvalue weighted by molar-refractivity contribution is 5.65. The van der Waals surface area contributed by atoms with Gasteiger partial charge in [-0.05, 0) is 42.8 Å². The predicted octanol–water partition coefficient (Wildman–Crippen LogP) is 5.81. The molecule has 0 heterocycles. The van der Waals surface area contributed by atoms with Gasteiger partial charge in [-0.15, -0.1) is 0 Å². The number of anilines is 2. The van der Waals surface area contributed by atoms with Crippen LogP contribution in [0.15, 0.2) is 66.7 Å². The fraction of sp³-hybridized carbons (Fsp3) is 0.0526. The molecule has 0 radical (unpaired) electrons. The number of hydrogen-bond donors (Lipinski definition) is 1. The monoisotopic (exact) mass is 311 g/mol. The topological polar surface area (TPSA) is 21.3 Å². The van der Waals surface area contributed by atoms with Crippen molar-refractivity contribution in [3.8, 4) is 11.5 Å². The number of ether oxygens (including phenoxy) is 1. The molecule has 0 saturated heterocycles. The van der Waals surface area contributed by atoms with Gasteiger partial charge in [0, 0.05) is 17.8 Å². The first-order chi connectivity index (χ1) is 11.1. The van der Waals surface area contributed by atoms with Crippen LogP contribution in [0.5, 0.6) is 11.5 Å². The molecular weight excluding hydrogens is 296 g/mol. The Kier molecular flexibility index (Phi) is 4.24. The molecule has 0 atom stereocenters. The zero-order valence-corrected chi connectivity index (χ0v) is 12.5. The van der Waals surface area contributed by atoms with E-state index in [-0.39, 0.29) is 5.69 Å². The first-order valence-corrected chi connectivity index (χ1v) is 7.17. The molecule has 0 amide bonds. The Bertz CT molecular complexity index is 819. The number of hydrogen-bond acceptors (Lipinski definition) is 2. The summed E-state index contributed by atoms with van der Waals surface area (Å²) < 4.78 is 32.5. The minimum absolute atomic E-state index is 0.214. The second-order valence-electron chi connectivity index (χ2n) is 5.14. The number of rotatable bonds is 4. The Morgan fingerprint density at radius 1 is 0.783 bits per heavy atom. The van der Waals surface area contributed by atoms with Crippen molar-refractivity contribution in [1.29, 1.82) is 0 Å². The Labute approximate surface area is 133 Å².